The number of nitrogens with one attached hydrogen (secondary N) is 1. The first kappa shape index (κ1) is 8.68. The molecule has 5 heteroatoms. The summed E-state index contributed by atoms with van der Waals surface area (Å²) >= 11 is 0. The van der Waals surface area contributed by atoms with E-state index in [2.05, 4.69) is 15.3 Å². The van der Waals surface area contributed by atoms with Crippen LogP contribution in [0.25, 0.3) is 11.5 Å². The van der Waals surface area contributed by atoms with E-state index in [0.29, 0.717) is 11.7 Å². The van der Waals surface area contributed by atoms with Gasteiger partial charge in [0.25, 0.3) is 0 Å². The lowest BCUT2D eigenvalue weighted by Crippen LogP contribution is -1.99. The van der Waals surface area contributed by atoms with Crippen LogP contribution in [0.5, 0.6) is 0 Å². The number of hydrogen-bond donors (Lipinski definition) is 1. The molecule has 72 valence electrons. The molecule has 0 aliphatic rings. The van der Waals surface area contributed by atoms with E-state index in [1.165, 1.54) is 6.26 Å². The fourth-order valence-electron chi connectivity index (χ4n) is 1.07. The van der Waals surface area contributed by atoms with Crippen molar-refractivity contribution in [2.45, 2.75) is 0 Å². The van der Waals surface area contributed by atoms with Gasteiger partial charge in [0.2, 0.25) is 5.95 Å². The molecule has 2 aromatic rings. The molecule has 0 saturated carbocycles. The van der Waals surface area contributed by atoms with Crippen LogP contribution in [0, 0.1) is 5.82 Å². The monoisotopic (exact) mass is 193 g/mol. The van der Waals surface area contributed by atoms with Gasteiger partial charge in [-0.3, -0.25) is 0 Å². The molecule has 1 N–H and O–H groups in total. The maximum Gasteiger partial charge on any atom is 0.223 e. The molecule has 0 saturated heterocycles. The average molecular weight is 193 g/mol. The van der Waals surface area contributed by atoms with Crippen molar-refractivity contribution in [3.8, 4) is 11.5 Å². The number of nitrogens with zero attached hydrogens (tertiary/aromatic N) is 2. The van der Waals surface area contributed by atoms with Crippen molar-refractivity contribution in [1.29, 1.82) is 0 Å². The number of hydrogen-bond acceptors (Lipinski definition) is 4. The number of aromatic nitrogens is 2. The fourth-order valence-corrected chi connectivity index (χ4v) is 1.07. The SMILES string of the molecule is CNc1ncc(F)c(-c2ccco2)n1. The summed E-state index contributed by atoms with van der Waals surface area (Å²) in [7, 11) is 1.67. The highest BCUT2D eigenvalue weighted by Crippen LogP contribution is 2.20. The maximum absolute atomic E-state index is 13.3. The molecule has 4 nitrogen and oxygen atoms in total. The van der Waals surface area contributed by atoms with Gasteiger partial charge < -0.3 is 9.73 Å². The average Bonchev–Trinajstić information content (AvgIpc) is 2.71. The van der Waals surface area contributed by atoms with Gasteiger partial charge in [0, 0.05) is 7.05 Å². The molecule has 0 radical (unpaired) electrons. The van der Waals surface area contributed by atoms with E-state index in [0.717, 1.165) is 6.20 Å². The van der Waals surface area contributed by atoms with Crippen molar-refractivity contribution in [2.75, 3.05) is 12.4 Å². The summed E-state index contributed by atoms with van der Waals surface area (Å²) in [6, 6.07) is 3.32. The van der Waals surface area contributed by atoms with Crippen LogP contribution in [0.2, 0.25) is 0 Å². The van der Waals surface area contributed by atoms with Crippen molar-refractivity contribution in [3.63, 3.8) is 0 Å². The molecule has 0 amide bonds. The molecular formula is C9H8FN3O. The lowest BCUT2D eigenvalue weighted by atomic mass is 10.3. The first-order valence-corrected chi connectivity index (χ1v) is 4.05. The van der Waals surface area contributed by atoms with Gasteiger partial charge in [0.05, 0.1) is 12.5 Å². The third-order valence-electron chi connectivity index (χ3n) is 1.72. The number of halogens is 1. The maximum atomic E-state index is 13.3. The van der Waals surface area contributed by atoms with E-state index in [1.807, 2.05) is 0 Å². The topological polar surface area (TPSA) is 51.0 Å². The zero-order valence-corrected chi connectivity index (χ0v) is 7.49. The van der Waals surface area contributed by atoms with E-state index in [1.54, 1.807) is 19.2 Å². The van der Waals surface area contributed by atoms with Crippen molar-refractivity contribution in [2.24, 2.45) is 0 Å². The highest BCUT2D eigenvalue weighted by Gasteiger charge is 2.10. The van der Waals surface area contributed by atoms with Crippen molar-refractivity contribution in [1.82, 2.24) is 9.97 Å². The van der Waals surface area contributed by atoms with E-state index in [9.17, 15) is 4.39 Å². The fraction of sp³-hybridized carbons (Fsp3) is 0.111. The van der Waals surface area contributed by atoms with E-state index < -0.39 is 5.82 Å². The molecule has 2 heterocycles. The van der Waals surface area contributed by atoms with Gasteiger partial charge in [0.15, 0.2) is 11.6 Å². The predicted octanol–water partition coefficient (Wildman–Crippen LogP) is 1.92. The molecule has 0 atom stereocenters. The summed E-state index contributed by atoms with van der Waals surface area (Å²) in [5, 5.41) is 2.73. The first-order valence-electron chi connectivity index (χ1n) is 4.05. The normalized spacial score (nSPS) is 10.1. The van der Waals surface area contributed by atoms with Crippen LogP contribution in [0.1, 0.15) is 0 Å². The molecule has 2 aromatic heterocycles. The molecule has 14 heavy (non-hydrogen) atoms. The largest absolute Gasteiger partial charge is 0.463 e. The smallest absolute Gasteiger partial charge is 0.223 e. The van der Waals surface area contributed by atoms with Gasteiger partial charge in [-0.1, -0.05) is 0 Å². The quantitative estimate of drug-likeness (QED) is 0.791. The minimum Gasteiger partial charge on any atom is -0.463 e. The van der Waals surface area contributed by atoms with Crippen LogP contribution in [0.3, 0.4) is 0 Å². The second-order valence-electron chi connectivity index (χ2n) is 2.62. The number of anilines is 1. The zero-order chi connectivity index (χ0) is 9.97. The molecule has 0 aliphatic heterocycles. The van der Waals surface area contributed by atoms with E-state index in [4.69, 9.17) is 4.42 Å². The van der Waals surface area contributed by atoms with Gasteiger partial charge in [-0.05, 0) is 12.1 Å². The second kappa shape index (κ2) is 3.45. The molecule has 0 unspecified atom stereocenters. The predicted molar refractivity (Wildman–Crippen MR) is 49.2 cm³/mol. The Balaban J connectivity index is 2.51. The van der Waals surface area contributed by atoms with Gasteiger partial charge in [-0.25, -0.2) is 14.4 Å². The Morgan fingerprint density at radius 3 is 3.00 bits per heavy atom. The van der Waals surface area contributed by atoms with Crippen molar-refractivity contribution in [3.05, 3.63) is 30.4 Å². The second-order valence-corrected chi connectivity index (χ2v) is 2.62. The van der Waals surface area contributed by atoms with Crippen LogP contribution < -0.4 is 5.32 Å². The lowest BCUT2D eigenvalue weighted by Gasteiger charge is -2.01. The Bertz CT molecular complexity index is 428. The van der Waals surface area contributed by atoms with Crippen LogP contribution in [-0.2, 0) is 0 Å². The standard InChI is InChI=1S/C9H8FN3O/c1-11-9-12-5-6(10)8(13-9)7-3-2-4-14-7/h2-5H,1H3,(H,11,12,13). The third kappa shape index (κ3) is 1.44. The number of rotatable bonds is 2. The van der Waals surface area contributed by atoms with Crippen molar-refractivity contribution >= 4 is 5.95 Å². The Hall–Kier alpha value is -1.91. The van der Waals surface area contributed by atoms with Gasteiger partial charge in [-0.15, -0.1) is 0 Å². The van der Waals surface area contributed by atoms with Crippen molar-refractivity contribution < 1.29 is 8.81 Å². The summed E-state index contributed by atoms with van der Waals surface area (Å²) in [4.78, 5) is 7.67. The van der Waals surface area contributed by atoms with Crippen LogP contribution in [-0.4, -0.2) is 17.0 Å². The third-order valence-corrected chi connectivity index (χ3v) is 1.72. The Morgan fingerprint density at radius 1 is 1.50 bits per heavy atom. The van der Waals surface area contributed by atoms with Crippen LogP contribution >= 0.6 is 0 Å². The Kier molecular flexibility index (Phi) is 2.14. The Labute approximate surface area is 79.8 Å². The van der Waals surface area contributed by atoms with E-state index >= 15 is 0 Å². The molecule has 2 rings (SSSR count). The van der Waals surface area contributed by atoms with Crippen LogP contribution in [0.15, 0.2) is 29.0 Å². The highest BCUT2D eigenvalue weighted by molar-refractivity contribution is 5.53. The summed E-state index contributed by atoms with van der Waals surface area (Å²) < 4.78 is 18.3. The Morgan fingerprint density at radius 2 is 2.36 bits per heavy atom. The van der Waals surface area contributed by atoms with Gasteiger partial charge >= 0.3 is 0 Å². The molecule has 0 aromatic carbocycles. The zero-order valence-electron chi connectivity index (χ0n) is 7.49. The molecule has 0 aliphatic carbocycles. The summed E-state index contributed by atoms with van der Waals surface area (Å²) in [6.45, 7) is 0. The molecule has 0 bridgehead atoms. The molecule has 0 fully saturated rings. The summed E-state index contributed by atoms with van der Waals surface area (Å²) in [5.41, 5.74) is 0.161. The number of furan rings is 1. The molecular weight excluding hydrogens is 185 g/mol. The van der Waals surface area contributed by atoms with E-state index in [-0.39, 0.29) is 5.69 Å². The van der Waals surface area contributed by atoms with Crippen LogP contribution in [0.4, 0.5) is 10.3 Å². The summed E-state index contributed by atoms with van der Waals surface area (Å²) in [6.07, 6.45) is 2.58. The minimum atomic E-state index is -0.501. The van der Waals surface area contributed by atoms with Gasteiger partial charge in [-0.2, -0.15) is 0 Å². The molecule has 0 spiro atoms. The lowest BCUT2D eigenvalue weighted by molar-refractivity contribution is 0.562. The summed E-state index contributed by atoms with van der Waals surface area (Å²) in [5.74, 6) is 0.248. The highest BCUT2D eigenvalue weighted by atomic mass is 19.1. The first-order chi connectivity index (χ1) is 6.81. The minimum absolute atomic E-state index is 0.161. The van der Waals surface area contributed by atoms with Gasteiger partial charge in [0.1, 0.15) is 5.69 Å².